The second-order valence-electron chi connectivity index (χ2n) is 18.7. The lowest BCUT2D eigenvalue weighted by Gasteiger charge is -2.31. The Hall–Kier alpha value is -2.71. The van der Waals surface area contributed by atoms with Gasteiger partial charge in [0.1, 0.15) is 6.61 Å². The Balaban J connectivity index is 4.24. The number of rotatable bonds is 47. The minimum atomic E-state index is -0.875. The Morgan fingerprint density at radius 3 is 1.33 bits per heavy atom. The van der Waals surface area contributed by atoms with Gasteiger partial charge in [0.2, 0.25) is 0 Å². The molecule has 366 valence electrons. The minimum absolute atomic E-state index is 0.0548. The molecule has 8 nitrogen and oxygen atoms in total. The number of esters is 2. The molecular weight excluding hydrogens is 787 g/mol. The number of aliphatic carboxylic acids is 1. The molecule has 0 amide bonds. The third kappa shape index (κ3) is 44.3. The molecule has 0 aromatic rings. The quantitative estimate of drug-likeness (QED) is 0.0281. The molecule has 63 heavy (non-hydrogen) atoms. The molecule has 8 heteroatoms. The first kappa shape index (κ1) is 60.3. The van der Waals surface area contributed by atoms with E-state index in [2.05, 4.69) is 62.5 Å². The maximum Gasteiger partial charge on any atom is 0.362 e. The molecule has 0 aromatic heterocycles. The van der Waals surface area contributed by atoms with Crippen LogP contribution in [0.15, 0.2) is 48.6 Å². The number of carboxylic acid groups (broad SMARTS) is 1. The van der Waals surface area contributed by atoms with Crippen LogP contribution in [0.3, 0.4) is 0 Å². The lowest BCUT2D eigenvalue weighted by atomic mass is 10.1. The Kier molecular flexibility index (Phi) is 43.9. The van der Waals surface area contributed by atoms with E-state index in [0.29, 0.717) is 19.3 Å². The van der Waals surface area contributed by atoms with Gasteiger partial charge in [-0.1, -0.05) is 191 Å². The van der Waals surface area contributed by atoms with Crippen LogP contribution in [0, 0.1) is 0 Å². The number of nitrogens with zero attached hydrogens (tertiary/aromatic N) is 1. The predicted octanol–water partition coefficient (Wildman–Crippen LogP) is 15.1. The maximum atomic E-state index is 12.8. The van der Waals surface area contributed by atoms with Gasteiger partial charge in [0.25, 0.3) is 0 Å². The minimum Gasteiger partial charge on any atom is -0.477 e. The first-order valence-electron chi connectivity index (χ1n) is 26.2. The first-order chi connectivity index (χ1) is 30.6. The summed E-state index contributed by atoms with van der Waals surface area (Å²) < 4.78 is 17.4. The van der Waals surface area contributed by atoms with Gasteiger partial charge in [-0.15, -0.1) is 0 Å². The standard InChI is InChI=1S/C55H99NO7/c1-6-8-10-12-14-16-18-20-22-24-26-28-29-31-33-35-37-39-41-43-45-53(57)62-50-51(49-61-48-47-52(55(59)60)56(3,4)5)63-54(58)46-44-42-40-38-36-34-32-30-27-25-23-21-19-17-15-13-11-9-7-2/h9,11,15,17,21,23,26,28,51-52H,6-8,10,12-14,16,18-20,22,24-25,27,29-50H2,1-5H3/p+1/b11-9+,17-15+,23-21+,28-26+. The SMILES string of the molecule is CC/C=C/C/C=C/C/C=C/CCCCCCCCCCCC(=O)OC(COCCC(C(=O)O)[N+](C)(C)C)COC(=O)CCCCCCCCC/C=C/CCCCCCCCCCC. The highest BCUT2D eigenvalue weighted by Gasteiger charge is 2.31. The maximum absolute atomic E-state index is 12.8. The van der Waals surface area contributed by atoms with Crippen molar-refractivity contribution in [3.05, 3.63) is 48.6 Å². The Bertz CT molecular complexity index is 1170. The van der Waals surface area contributed by atoms with Crippen molar-refractivity contribution in [1.82, 2.24) is 0 Å². The van der Waals surface area contributed by atoms with Crippen molar-refractivity contribution in [2.75, 3.05) is 41.0 Å². The molecule has 0 aliphatic carbocycles. The summed E-state index contributed by atoms with van der Waals surface area (Å²) in [5.74, 6) is -1.47. The van der Waals surface area contributed by atoms with Crippen molar-refractivity contribution >= 4 is 17.9 Å². The summed E-state index contributed by atoms with van der Waals surface area (Å²) in [7, 11) is 5.54. The molecular formula is C55H100NO7+. The number of likely N-dealkylation sites (N-methyl/N-ethyl adjacent to an activating group) is 1. The summed E-state index contributed by atoms with van der Waals surface area (Å²) in [4.78, 5) is 37.2. The fraction of sp³-hybridized carbons (Fsp3) is 0.800. The molecule has 0 saturated carbocycles. The van der Waals surface area contributed by atoms with E-state index in [4.69, 9.17) is 14.2 Å². The van der Waals surface area contributed by atoms with Crippen LogP contribution in [0.5, 0.6) is 0 Å². The first-order valence-corrected chi connectivity index (χ1v) is 26.2. The molecule has 0 rings (SSSR count). The van der Waals surface area contributed by atoms with Gasteiger partial charge in [-0.05, 0) is 70.6 Å². The molecule has 0 aliphatic rings. The number of quaternary nitrogens is 1. The number of carbonyl (C=O) groups excluding carboxylic acids is 2. The molecule has 2 unspecified atom stereocenters. The smallest absolute Gasteiger partial charge is 0.362 e. The summed E-state index contributed by atoms with van der Waals surface area (Å²) in [5, 5.41) is 9.66. The van der Waals surface area contributed by atoms with Crippen LogP contribution < -0.4 is 0 Å². The normalized spacial score (nSPS) is 13.2. The molecule has 1 N–H and O–H groups in total. The molecule has 0 bridgehead atoms. The highest BCUT2D eigenvalue weighted by molar-refractivity contribution is 5.72. The molecule has 0 spiro atoms. The van der Waals surface area contributed by atoms with Crippen LogP contribution in [0.4, 0.5) is 0 Å². The zero-order chi connectivity index (χ0) is 46.3. The van der Waals surface area contributed by atoms with E-state index in [0.717, 1.165) is 64.2 Å². The van der Waals surface area contributed by atoms with Crippen LogP contribution in [-0.4, -0.2) is 80.6 Å². The van der Waals surface area contributed by atoms with Crippen molar-refractivity contribution in [3.8, 4) is 0 Å². The van der Waals surface area contributed by atoms with Gasteiger partial charge in [-0.2, -0.15) is 0 Å². The number of allylic oxidation sites excluding steroid dienone is 8. The molecule has 0 aliphatic heterocycles. The Labute approximate surface area is 388 Å². The molecule has 0 heterocycles. The van der Waals surface area contributed by atoms with Gasteiger partial charge in [0.05, 0.1) is 34.4 Å². The number of carboxylic acids is 1. The fourth-order valence-electron chi connectivity index (χ4n) is 7.69. The van der Waals surface area contributed by atoms with Gasteiger partial charge in [-0.25, -0.2) is 4.79 Å². The third-order valence-corrected chi connectivity index (χ3v) is 11.7. The van der Waals surface area contributed by atoms with Crippen LogP contribution in [0.2, 0.25) is 0 Å². The number of unbranched alkanes of at least 4 members (excludes halogenated alkanes) is 25. The van der Waals surface area contributed by atoms with E-state index in [1.54, 1.807) is 0 Å². The number of hydrogen-bond acceptors (Lipinski definition) is 6. The second-order valence-corrected chi connectivity index (χ2v) is 18.7. The summed E-state index contributed by atoms with van der Waals surface area (Å²) >= 11 is 0. The topological polar surface area (TPSA) is 99.1 Å². The summed E-state index contributed by atoms with van der Waals surface area (Å²) in [6, 6.07) is -0.617. The van der Waals surface area contributed by atoms with Crippen molar-refractivity contribution < 1.29 is 38.2 Å². The molecule has 0 saturated heterocycles. The molecule has 2 atom stereocenters. The zero-order valence-corrected chi connectivity index (χ0v) is 41.8. The summed E-state index contributed by atoms with van der Waals surface area (Å²) in [5.41, 5.74) is 0. The summed E-state index contributed by atoms with van der Waals surface area (Å²) in [6.07, 6.45) is 55.9. The predicted molar refractivity (Wildman–Crippen MR) is 266 cm³/mol. The highest BCUT2D eigenvalue weighted by Crippen LogP contribution is 2.15. The lowest BCUT2D eigenvalue weighted by molar-refractivity contribution is -0.887. The molecule has 0 radical (unpaired) electrons. The van der Waals surface area contributed by atoms with Gasteiger partial charge < -0.3 is 23.8 Å². The van der Waals surface area contributed by atoms with Gasteiger partial charge in [-0.3, -0.25) is 9.59 Å². The van der Waals surface area contributed by atoms with Gasteiger partial charge in [0.15, 0.2) is 12.1 Å². The molecule has 0 fully saturated rings. The van der Waals surface area contributed by atoms with Crippen molar-refractivity contribution in [1.29, 1.82) is 0 Å². The third-order valence-electron chi connectivity index (χ3n) is 11.7. The monoisotopic (exact) mass is 887 g/mol. The van der Waals surface area contributed by atoms with Crippen LogP contribution in [0.25, 0.3) is 0 Å². The largest absolute Gasteiger partial charge is 0.477 e. The fourth-order valence-corrected chi connectivity index (χ4v) is 7.69. The van der Waals surface area contributed by atoms with Crippen LogP contribution in [0.1, 0.15) is 232 Å². The summed E-state index contributed by atoms with van der Waals surface area (Å²) in [6.45, 7) is 4.64. The van der Waals surface area contributed by atoms with Gasteiger partial charge in [0, 0.05) is 19.3 Å². The van der Waals surface area contributed by atoms with E-state index >= 15 is 0 Å². The van der Waals surface area contributed by atoms with Crippen molar-refractivity contribution in [2.24, 2.45) is 0 Å². The van der Waals surface area contributed by atoms with E-state index < -0.39 is 18.1 Å². The zero-order valence-electron chi connectivity index (χ0n) is 41.8. The second kappa shape index (κ2) is 45.8. The molecule has 0 aromatic carbocycles. The van der Waals surface area contributed by atoms with Crippen molar-refractivity contribution in [3.63, 3.8) is 0 Å². The van der Waals surface area contributed by atoms with Crippen molar-refractivity contribution in [2.45, 2.75) is 244 Å². The van der Waals surface area contributed by atoms with Crippen LogP contribution >= 0.6 is 0 Å². The Morgan fingerprint density at radius 2 is 0.889 bits per heavy atom. The van der Waals surface area contributed by atoms with Gasteiger partial charge >= 0.3 is 17.9 Å². The highest BCUT2D eigenvalue weighted by atomic mass is 16.6. The van der Waals surface area contributed by atoms with E-state index in [1.807, 2.05) is 21.1 Å². The van der Waals surface area contributed by atoms with E-state index in [-0.39, 0.29) is 36.2 Å². The number of carbonyl (C=O) groups is 3. The van der Waals surface area contributed by atoms with E-state index in [9.17, 15) is 19.5 Å². The lowest BCUT2D eigenvalue weighted by Crippen LogP contribution is -2.50. The van der Waals surface area contributed by atoms with Crippen LogP contribution in [-0.2, 0) is 28.6 Å². The Morgan fingerprint density at radius 1 is 0.492 bits per heavy atom. The van der Waals surface area contributed by atoms with E-state index in [1.165, 1.54) is 135 Å². The number of hydrogen-bond donors (Lipinski definition) is 1. The average molecular weight is 887 g/mol. The average Bonchev–Trinajstić information content (AvgIpc) is 3.24. The number of ether oxygens (including phenoxy) is 3.